The molecular formula is C33H28N2O3. The Kier molecular flexibility index (Phi) is 7.18. The number of imidazole rings is 1. The highest BCUT2D eigenvalue weighted by molar-refractivity contribution is 6.05. The molecule has 1 aromatic heterocycles. The average Bonchev–Trinajstić information content (AvgIpc) is 3.48. The van der Waals surface area contributed by atoms with Crippen LogP contribution >= 0.6 is 0 Å². The zero-order chi connectivity index (χ0) is 26.4. The van der Waals surface area contributed by atoms with Crippen LogP contribution in [0.3, 0.4) is 0 Å². The minimum Gasteiger partial charge on any atom is -0.493 e. The maximum Gasteiger partial charge on any atom is 0.205 e. The van der Waals surface area contributed by atoms with Crippen molar-refractivity contribution in [1.29, 1.82) is 0 Å². The van der Waals surface area contributed by atoms with Gasteiger partial charge in [-0.25, -0.2) is 4.98 Å². The van der Waals surface area contributed by atoms with Gasteiger partial charge in [-0.15, -0.1) is 0 Å². The van der Waals surface area contributed by atoms with Crippen molar-refractivity contribution in [2.75, 3.05) is 14.2 Å². The number of carbonyl (C=O) groups is 1. The maximum atomic E-state index is 13.3. The monoisotopic (exact) mass is 500 g/mol. The molecule has 38 heavy (non-hydrogen) atoms. The Morgan fingerprint density at radius 1 is 0.737 bits per heavy atom. The van der Waals surface area contributed by atoms with Gasteiger partial charge in [0.25, 0.3) is 0 Å². The number of ether oxygens (including phenoxy) is 2. The largest absolute Gasteiger partial charge is 0.493 e. The minimum atomic E-state index is -0.727. The highest BCUT2D eigenvalue weighted by Crippen LogP contribution is 2.40. The zero-order valence-corrected chi connectivity index (χ0v) is 21.3. The second-order valence-corrected chi connectivity index (χ2v) is 8.75. The van der Waals surface area contributed by atoms with Gasteiger partial charge >= 0.3 is 0 Å². The number of nitrogens with zero attached hydrogens (tertiary/aromatic N) is 2. The van der Waals surface area contributed by atoms with Gasteiger partial charge in [0.05, 0.1) is 20.5 Å². The molecule has 0 amide bonds. The summed E-state index contributed by atoms with van der Waals surface area (Å²) in [4.78, 5) is 17.8. The van der Waals surface area contributed by atoms with Crippen molar-refractivity contribution < 1.29 is 14.3 Å². The third-order valence-electron chi connectivity index (χ3n) is 6.64. The summed E-state index contributed by atoms with van der Waals surface area (Å²) in [6.07, 6.45) is 6.80. The number of hydrogen-bond donors (Lipinski definition) is 0. The van der Waals surface area contributed by atoms with Crippen molar-refractivity contribution in [1.82, 2.24) is 9.55 Å². The summed E-state index contributed by atoms with van der Waals surface area (Å²) in [7, 11) is 3.16. The number of allylic oxidation sites excluding steroid dienone is 1. The van der Waals surface area contributed by atoms with E-state index in [1.807, 2.05) is 83.6 Å². The molecule has 0 atom stereocenters. The van der Waals surface area contributed by atoms with Crippen LogP contribution in [-0.4, -0.2) is 29.6 Å². The van der Waals surface area contributed by atoms with E-state index in [1.54, 1.807) is 26.6 Å². The first-order valence-corrected chi connectivity index (χ1v) is 12.3. The van der Waals surface area contributed by atoms with Gasteiger partial charge in [-0.05, 0) is 34.9 Å². The number of aromatic nitrogens is 2. The first-order valence-electron chi connectivity index (χ1n) is 12.3. The molecule has 4 aromatic carbocycles. The Bertz CT molecular complexity index is 1440. The predicted molar refractivity (Wildman–Crippen MR) is 150 cm³/mol. The van der Waals surface area contributed by atoms with Crippen LogP contribution in [0.4, 0.5) is 0 Å². The van der Waals surface area contributed by atoms with E-state index in [-0.39, 0.29) is 5.78 Å². The Morgan fingerprint density at radius 2 is 1.29 bits per heavy atom. The number of ketones is 1. The van der Waals surface area contributed by atoms with Gasteiger partial charge < -0.3 is 14.0 Å². The molecule has 188 valence electrons. The summed E-state index contributed by atoms with van der Waals surface area (Å²) in [5, 5.41) is 0. The highest BCUT2D eigenvalue weighted by Gasteiger charge is 2.38. The van der Waals surface area contributed by atoms with E-state index >= 15 is 0 Å². The van der Waals surface area contributed by atoms with Crippen molar-refractivity contribution in [2.45, 2.75) is 5.54 Å². The van der Waals surface area contributed by atoms with Gasteiger partial charge in [-0.1, -0.05) is 103 Å². The van der Waals surface area contributed by atoms with Crippen molar-refractivity contribution >= 4 is 11.9 Å². The van der Waals surface area contributed by atoms with Crippen LogP contribution in [0.1, 0.15) is 32.7 Å². The smallest absolute Gasteiger partial charge is 0.205 e. The fraction of sp³-hybridized carbons (Fsp3) is 0.0909. The Morgan fingerprint density at radius 3 is 1.79 bits per heavy atom. The summed E-state index contributed by atoms with van der Waals surface area (Å²) in [5.74, 6) is 0.960. The number of carbonyl (C=O) groups excluding carboxylic acids is 1. The first-order chi connectivity index (χ1) is 18.7. The molecule has 0 unspecified atom stereocenters. The molecule has 0 aliphatic heterocycles. The van der Waals surface area contributed by atoms with Crippen LogP contribution in [0.2, 0.25) is 0 Å². The highest BCUT2D eigenvalue weighted by atomic mass is 16.5. The Balaban J connectivity index is 1.61. The predicted octanol–water partition coefficient (Wildman–Crippen LogP) is 6.64. The summed E-state index contributed by atoms with van der Waals surface area (Å²) in [6, 6.07) is 36.4. The van der Waals surface area contributed by atoms with Crippen LogP contribution in [-0.2, 0) is 5.54 Å². The van der Waals surface area contributed by atoms with E-state index in [2.05, 4.69) is 41.4 Å². The van der Waals surface area contributed by atoms with Gasteiger partial charge in [-0.3, -0.25) is 4.79 Å². The molecule has 0 fully saturated rings. The molecule has 0 bridgehead atoms. The molecule has 5 rings (SSSR count). The third kappa shape index (κ3) is 4.50. The van der Waals surface area contributed by atoms with Crippen LogP contribution in [0, 0.1) is 0 Å². The second kappa shape index (κ2) is 11.0. The molecular weight excluding hydrogens is 472 g/mol. The fourth-order valence-corrected chi connectivity index (χ4v) is 4.91. The van der Waals surface area contributed by atoms with Gasteiger partial charge in [0, 0.05) is 11.8 Å². The van der Waals surface area contributed by atoms with Crippen molar-refractivity contribution in [3.63, 3.8) is 0 Å². The molecule has 1 heterocycles. The Hall–Kier alpha value is -4.90. The van der Waals surface area contributed by atoms with Crippen LogP contribution in [0.25, 0.3) is 6.08 Å². The van der Waals surface area contributed by atoms with E-state index in [0.29, 0.717) is 17.2 Å². The lowest BCUT2D eigenvalue weighted by atomic mass is 9.77. The molecule has 5 nitrogen and oxygen atoms in total. The lowest BCUT2D eigenvalue weighted by Gasteiger charge is -2.37. The molecule has 0 radical (unpaired) electrons. The van der Waals surface area contributed by atoms with Gasteiger partial charge in [0.15, 0.2) is 11.5 Å². The van der Waals surface area contributed by atoms with E-state index in [1.165, 1.54) is 6.08 Å². The van der Waals surface area contributed by atoms with Crippen molar-refractivity contribution in [2.24, 2.45) is 0 Å². The topological polar surface area (TPSA) is 53.4 Å². The first kappa shape index (κ1) is 24.8. The molecule has 0 aliphatic carbocycles. The summed E-state index contributed by atoms with van der Waals surface area (Å²) in [6.45, 7) is 0. The second-order valence-electron chi connectivity index (χ2n) is 8.75. The number of benzene rings is 4. The molecule has 0 saturated carbocycles. The quantitative estimate of drug-likeness (QED) is 0.129. The summed E-state index contributed by atoms with van der Waals surface area (Å²) < 4.78 is 12.9. The SMILES string of the molecule is COc1cccc(/C=C/C(=O)c2cn(C(c3ccccc3)(c3ccccc3)c3ccccc3)cn2)c1OC. The molecule has 0 saturated heterocycles. The fourth-order valence-electron chi connectivity index (χ4n) is 4.91. The number of hydrogen-bond acceptors (Lipinski definition) is 4. The zero-order valence-electron chi connectivity index (χ0n) is 21.3. The molecule has 0 N–H and O–H groups in total. The van der Waals surface area contributed by atoms with E-state index in [0.717, 1.165) is 22.3 Å². The number of rotatable bonds is 9. The van der Waals surface area contributed by atoms with E-state index < -0.39 is 5.54 Å². The summed E-state index contributed by atoms with van der Waals surface area (Å²) in [5.41, 5.74) is 3.54. The minimum absolute atomic E-state index is 0.211. The van der Waals surface area contributed by atoms with Crippen molar-refractivity contribution in [3.8, 4) is 11.5 Å². The third-order valence-corrected chi connectivity index (χ3v) is 6.64. The van der Waals surface area contributed by atoms with E-state index in [4.69, 9.17) is 9.47 Å². The average molecular weight is 501 g/mol. The summed E-state index contributed by atoms with van der Waals surface area (Å²) >= 11 is 0. The molecule has 0 aliphatic rings. The van der Waals surface area contributed by atoms with E-state index in [9.17, 15) is 4.79 Å². The lowest BCUT2D eigenvalue weighted by molar-refractivity contribution is 0.104. The van der Waals surface area contributed by atoms with Gasteiger partial charge in [0.2, 0.25) is 5.78 Å². The number of para-hydroxylation sites is 1. The van der Waals surface area contributed by atoms with Gasteiger partial charge in [0.1, 0.15) is 11.2 Å². The van der Waals surface area contributed by atoms with Crippen molar-refractivity contribution in [3.05, 3.63) is 156 Å². The van der Waals surface area contributed by atoms with Crippen LogP contribution in [0.15, 0.2) is 128 Å². The Labute approximate surface area is 222 Å². The molecule has 5 aromatic rings. The molecule has 5 heteroatoms. The van der Waals surface area contributed by atoms with Crippen LogP contribution < -0.4 is 9.47 Å². The number of methoxy groups -OCH3 is 2. The standard InChI is InChI=1S/C33H28N2O3/c1-37-31-20-12-13-25(32(31)38-2)21-22-30(36)29-23-35(24-34-29)33(26-14-6-3-7-15-26,27-16-8-4-9-17-27)28-18-10-5-11-19-28/h3-24H,1-2H3/b22-21+. The lowest BCUT2D eigenvalue weighted by Crippen LogP contribution is -2.37. The normalized spacial score (nSPS) is 11.4. The maximum absolute atomic E-state index is 13.3. The van der Waals surface area contributed by atoms with Crippen LogP contribution in [0.5, 0.6) is 11.5 Å². The van der Waals surface area contributed by atoms with Gasteiger partial charge in [-0.2, -0.15) is 0 Å². The molecule has 0 spiro atoms.